The van der Waals surface area contributed by atoms with Gasteiger partial charge in [-0.05, 0) is 42.2 Å². The third-order valence-electron chi connectivity index (χ3n) is 2.24. The molecule has 1 aromatic rings. The van der Waals surface area contributed by atoms with Crippen molar-refractivity contribution in [3.8, 4) is 0 Å². The molecule has 0 aliphatic rings. The predicted octanol–water partition coefficient (Wildman–Crippen LogP) is 1.03. The van der Waals surface area contributed by atoms with Gasteiger partial charge in [-0.25, -0.2) is 0 Å². The zero-order chi connectivity index (χ0) is 12.0. The maximum atomic E-state index is 9.29. The second-order valence-electron chi connectivity index (χ2n) is 3.89. The lowest BCUT2D eigenvalue weighted by Crippen LogP contribution is -2.31. The highest BCUT2D eigenvalue weighted by molar-refractivity contribution is 9.10. The van der Waals surface area contributed by atoms with Crippen LogP contribution in [-0.4, -0.2) is 48.8 Å². The van der Waals surface area contributed by atoms with Gasteiger partial charge in [-0.1, -0.05) is 0 Å². The maximum absolute atomic E-state index is 9.29. The summed E-state index contributed by atoms with van der Waals surface area (Å²) < 4.78 is 0.946. The van der Waals surface area contributed by atoms with Crippen LogP contribution < -0.4 is 5.32 Å². The standard InChI is InChI=1S/C11H18BrN3O/c1-15(2)6-5-13-11(8-16)10-4-3-9(12)7-14-10/h3-4,7,11,13,16H,5-6,8H2,1-2H3. The first-order valence-corrected chi connectivity index (χ1v) is 6.03. The second kappa shape index (κ2) is 6.96. The number of halogens is 1. The third-order valence-corrected chi connectivity index (χ3v) is 2.71. The Labute approximate surface area is 105 Å². The molecule has 0 saturated heterocycles. The second-order valence-corrected chi connectivity index (χ2v) is 4.81. The van der Waals surface area contributed by atoms with Crippen LogP contribution in [0.25, 0.3) is 0 Å². The minimum absolute atomic E-state index is 0.0576. The third kappa shape index (κ3) is 4.57. The van der Waals surface area contributed by atoms with E-state index in [0.29, 0.717) is 0 Å². The molecule has 0 aliphatic carbocycles. The number of nitrogens with zero attached hydrogens (tertiary/aromatic N) is 2. The number of pyridine rings is 1. The zero-order valence-electron chi connectivity index (χ0n) is 9.65. The fraction of sp³-hybridized carbons (Fsp3) is 0.545. The lowest BCUT2D eigenvalue weighted by Gasteiger charge is -2.17. The molecule has 0 fully saturated rings. The highest BCUT2D eigenvalue weighted by Crippen LogP contribution is 2.13. The summed E-state index contributed by atoms with van der Waals surface area (Å²) in [5.74, 6) is 0. The van der Waals surface area contributed by atoms with Crippen molar-refractivity contribution in [1.29, 1.82) is 0 Å². The van der Waals surface area contributed by atoms with E-state index >= 15 is 0 Å². The molecule has 90 valence electrons. The van der Waals surface area contributed by atoms with Gasteiger partial charge in [-0.2, -0.15) is 0 Å². The van der Waals surface area contributed by atoms with Crippen LogP contribution in [0.3, 0.4) is 0 Å². The average Bonchev–Trinajstić information content (AvgIpc) is 2.26. The number of hydrogen-bond donors (Lipinski definition) is 2. The van der Waals surface area contributed by atoms with E-state index in [-0.39, 0.29) is 12.6 Å². The summed E-state index contributed by atoms with van der Waals surface area (Å²) in [7, 11) is 4.04. The molecule has 1 rings (SSSR count). The number of aromatic nitrogens is 1. The van der Waals surface area contributed by atoms with Crippen molar-refractivity contribution in [1.82, 2.24) is 15.2 Å². The predicted molar refractivity (Wildman–Crippen MR) is 68.3 cm³/mol. The average molecular weight is 288 g/mol. The summed E-state index contributed by atoms with van der Waals surface area (Å²) in [6, 6.07) is 3.75. The van der Waals surface area contributed by atoms with Gasteiger partial charge < -0.3 is 15.3 Å². The molecule has 0 amide bonds. The van der Waals surface area contributed by atoms with Crippen molar-refractivity contribution in [2.75, 3.05) is 33.8 Å². The summed E-state index contributed by atoms with van der Waals surface area (Å²) in [6.07, 6.45) is 1.74. The molecule has 5 heteroatoms. The molecule has 0 spiro atoms. The minimum atomic E-state index is -0.0898. The molecular weight excluding hydrogens is 270 g/mol. The van der Waals surface area contributed by atoms with Gasteiger partial charge in [0.15, 0.2) is 0 Å². The van der Waals surface area contributed by atoms with E-state index in [1.54, 1.807) is 6.20 Å². The summed E-state index contributed by atoms with van der Waals surface area (Å²) >= 11 is 3.34. The van der Waals surface area contributed by atoms with E-state index in [1.165, 1.54) is 0 Å². The first-order valence-electron chi connectivity index (χ1n) is 5.24. The van der Waals surface area contributed by atoms with Crippen LogP contribution in [0, 0.1) is 0 Å². The fourth-order valence-electron chi connectivity index (χ4n) is 1.32. The topological polar surface area (TPSA) is 48.4 Å². The van der Waals surface area contributed by atoms with Gasteiger partial charge in [0.2, 0.25) is 0 Å². The molecular formula is C11H18BrN3O. The van der Waals surface area contributed by atoms with Gasteiger partial charge >= 0.3 is 0 Å². The van der Waals surface area contributed by atoms with Crippen molar-refractivity contribution < 1.29 is 5.11 Å². The van der Waals surface area contributed by atoms with Gasteiger partial charge in [0.25, 0.3) is 0 Å². The summed E-state index contributed by atoms with van der Waals surface area (Å²) in [5.41, 5.74) is 0.865. The molecule has 0 saturated carbocycles. The van der Waals surface area contributed by atoms with Crippen LogP contribution in [0.5, 0.6) is 0 Å². The number of hydrogen-bond acceptors (Lipinski definition) is 4. The Balaban J connectivity index is 2.50. The normalized spacial score (nSPS) is 13.1. The van der Waals surface area contributed by atoms with Gasteiger partial charge in [0.1, 0.15) is 0 Å². The molecule has 0 bridgehead atoms. The summed E-state index contributed by atoms with van der Waals surface area (Å²) in [4.78, 5) is 6.36. The van der Waals surface area contributed by atoms with Crippen LogP contribution in [0.2, 0.25) is 0 Å². The van der Waals surface area contributed by atoms with E-state index in [4.69, 9.17) is 0 Å². The molecule has 16 heavy (non-hydrogen) atoms. The van der Waals surface area contributed by atoms with Gasteiger partial charge in [-0.3, -0.25) is 4.98 Å². The van der Waals surface area contributed by atoms with E-state index in [9.17, 15) is 5.11 Å². The summed E-state index contributed by atoms with van der Waals surface area (Å²) in [6.45, 7) is 1.82. The van der Waals surface area contributed by atoms with Crippen LogP contribution in [0.1, 0.15) is 11.7 Å². The van der Waals surface area contributed by atoms with Crippen molar-refractivity contribution in [3.63, 3.8) is 0 Å². The molecule has 1 atom stereocenters. The lowest BCUT2D eigenvalue weighted by molar-refractivity contribution is 0.238. The van der Waals surface area contributed by atoms with Crippen LogP contribution in [0.4, 0.5) is 0 Å². The molecule has 4 nitrogen and oxygen atoms in total. The molecule has 1 aromatic heterocycles. The van der Waals surface area contributed by atoms with Crippen molar-refractivity contribution >= 4 is 15.9 Å². The number of aliphatic hydroxyl groups is 1. The highest BCUT2D eigenvalue weighted by atomic mass is 79.9. The highest BCUT2D eigenvalue weighted by Gasteiger charge is 2.10. The molecule has 1 unspecified atom stereocenters. The smallest absolute Gasteiger partial charge is 0.0730 e. The molecule has 0 radical (unpaired) electrons. The Bertz CT molecular complexity index is 303. The Morgan fingerprint density at radius 1 is 1.50 bits per heavy atom. The lowest BCUT2D eigenvalue weighted by atomic mass is 10.2. The monoisotopic (exact) mass is 287 g/mol. The van der Waals surface area contributed by atoms with Crippen molar-refractivity contribution in [2.45, 2.75) is 6.04 Å². The fourth-order valence-corrected chi connectivity index (χ4v) is 1.55. The number of aliphatic hydroxyl groups excluding tert-OH is 1. The summed E-state index contributed by atoms with van der Waals surface area (Å²) in [5, 5.41) is 12.6. The number of nitrogens with one attached hydrogen (secondary N) is 1. The van der Waals surface area contributed by atoms with Gasteiger partial charge in [-0.15, -0.1) is 0 Å². The molecule has 0 aromatic carbocycles. The van der Waals surface area contributed by atoms with Crippen molar-refractivity contribution in [3.05, 3.63) is 28.5 Å². The Hall–Kier alpha value is -0.490. The zero-order valence-corrected chi connectivity index (χ0v) is 11.2. The Morgan fingerprint density at radius 2 is 2.25 bits per heavy atom. The van der Waals surface area contributed by atoms with Crippen LogP contribution in [0.15, 0.2) is 22.8 Å². The van der Waals surface area contributed by atoms with Gasteiger partial charge in [0, 0.05) is 23.8 Å². The first kappa shape index (κ1) is 13.6. The van der Waals surface area contributed by atoms with Gasteiger partial charge in [0.05, 0.1) is 18.3 Å². The van der Waals surface area contributed by atoms with E-state index in [0.717, 1.165) is 23.3 Å². The van der Waals surface area contributed by atoms with E-state index in [2.05, 4.69) is 31.1 Å². The van der Waals surface area contributed by atoms with Crippen LogP contribution >= 0.6 is 15.9 Å². The largest absolute Gasteiger partial charge is 0.394 e. The molecule has 2 N–H and O–H groups in total. The molecule has 1 heterocycles. The maximum Gasteiger partial charge on any atom is 0.0730 e. The van der Waals surface area contributed by atoms with Crippen LogP contribution in [-0.2, 0) is 0 Å². The number of likely N-dealkylation sites (N-methyl/N-ethyl adjacent to an activating group) is 1. The van der Waals surface area contributed by atoms with E-state index < -0.39 is 0 Å². The SMILES string of the molecule is CN(C)CCNC(CO)c1ccc(Br)cn1. The van der Waals surface area contributed by atoms with E-state index in [1.807, 2.05) is 26.2 Å². The minimum Gasteiger partial charge on any atom is -0.394 e. The van der Waals surface area contributed by atoms with Crippen molar-refractivity contribution in [2.24, 2.45) is 0 Å². The molecule has 0 aliphatic heterocycles. The Kier molecular flexibility index (Phi) is 5.90. The number of rotatable bonds is 6. The quantitative estimate of drug-likeness (QED) is 0.821. The first-order chi connectivity index (χ1) is 7.63. The Morgan fingerprint density at radius 3 is 2.75 bits per heavy atom.